The summed E-state index contributed by atoms with van der Waals surface area (Å²) in [5.41, 5.74) is -1.82. The highest BCUT2D eigenvalue weighted by molar-refractivity contribution is 14.1. The maximum atomic E-state index is 12.4. The van der Waals surface area contributed by atoms with Crippen LogP contribution in [0.4, 0.5) is 0 Å². The molecule has 0 bridgehead atoms. The van der Waals surface area contributed by atoms with Crippen LogP contribution in [-0.4, -0.2) is 34.3 Å². The van der Waals surface area contributed by atoms with Gasteiger partial charge in [0.25, 0.3) is 5.56 Å². The maximum Gasteiger partial charge on any atom is 0.355 e. The fourth-order valence-electron chi connectivity index (χ4n) is 1.70. The monoisotopic (exact) mass is 446 g/mol. The van der Waals surface area contributed by atoms with Crippen LogP contribution in [-0.2, 0) is 25.6 Å². The number of rotatable bonds is 6. The molecule has 24 heavy (non-hydrogen) atoms. The maximum absolute atomic E-state index is 12.4. The van der Waals surface area contributed by atoms with Crippen molar-refractivity contribution >= 4 is 40.2 Å². The van der Waals surface area contributed by atoms with Crippen molar-refractivity contribution in [1.29, 1.82) is 0 Å². The lowest BCUT2D eigenvalue weighted by atomic mass is 10.3. The summed E-state index contributed by atoms with van der Waals surface area (Å²) >= 11 is 1.70. The highest BCUT2D eigenvalue weighted by atomic mass is 127. The predicted molar refractivity (Wildman–Crippen MR) is 94.1 cm³/mol. The van der Waals surface area contributed by atoms with E-state index in [-0.39, 0.29) is 29.0 Å². The molecule has 0 saturated heterocycles. The first-order valence-electron chi connectivity index (χ1n) is 6.88. The first-order valence-corrected chi connectivity index (χ1v) is 7.96. The average Bonchev–Trinajstić information content (AvgIpc) is 2.53. The summed E-state index contributed by atoms with van der Waals surface area (Å²) in [7, 11) is 0. The number of hydrogen-bond donors (Lipinski definition) is 0. The normalized spacial score (nSPS) is 10.8. The Morgan fingerprint density at radius 2 is 1.92 bits per heavy atom. The van der Waals surface area contributed by atoms with Gasteiger partial charge in [-0.3, -0.25) is 9.36 Å². The zero-order valence-electron chi connectivity index (χ0n) is 13.1. The highest BCUT2D eigenvalue weighted by Gasteiger charge is 2.20. The molecule has 0 N–H and O–H groups in total. The van der Waals surface area contributed by atoms with E-state index in [9.17, 15) is 19.2 Å². The van der Waals surface area contributed by atoms with Crippen molar-refractivity contribution in [2.75, 3.05) is 13.2 Å². The highest BCUT2D eigenvalue weighted by Crippen LogP contribution is 2.07. The molecule has 0 aromatic carbocycles. The van der Waals surface area contributed by atoms with E-state index in [1.807, 2.05) is 0 Å². The topological polar surface area (TPSA) is 96.6 Å². The van der Waals surface area contributed by atoms with Crippen LogP contribution in [0.15, 0.2) is 21.9 Å². The Bertz CT molecular complexity index is 828. The minimum Gasteiger partial charge on any atom is -0.463 e. The Morgan fingerprint density at radius 1 is 1.29 bits per heavy atom. The Balaban J connectivity index is 3.63. The van der Waals surface area contributed by atoms with Crippen molar-refractivity contribution in [2.24, 2.45) is 0 Å². The molecule has 0 aliphatic heterocycles. The molecule has 0 amide bonds. The van der Waals surface area contributed by atoms with Gasteiger partial charge in [-0.05, 0) is 36.4 Å². The third-order valence-corrected chi connectivity index (χ3v) is 3.40. The standard InChI is InChI=1S/C15H15IN2O6/c1-4-7-17-13(20)10(16)9-18(15(17)22)11(14(21)24-6-3)8-12(19)23-5-2/h1,8-9H,5-7H2,2-3H3/b11-8-. The lowest BCUT2D eigenvalue weighted by Crippen LogP contribution is -2.41. The van der Waals surface area contributed by atoms with Gasteiger partial charge in [0.05, 0.1) is 29.4 Å². The molecular weight excluding hydrogens is 431 g/mol. The number of carbonyl (C=O) groups is 2. The van der Waals surface area contributed by atoms with Crippen molar-refractivity contribution in [3.05, 3.63) is 36.7 Å². The molecule has 0 unspecified atom stereocenters. The van der Waals surface area contributed by atoms with Gasteiger partial charge in [0.2, 0.25) is 0 Å². The predicted octanol–water partition coefficient (Wildman–Crippen LogP) is 0.215. The van der Waals surface area contributed by atoms with Gasteiger partial charge in [0, 0.05) is 6.20 Å². The summed E-state index contributed by atoms with van der Waals surface area (Å²) in [5.74, 6) is 0.463. The van der Waals surface area contributed by atoms with Gasteiger partial charge < -0.3 is 9.47 Å². The Labute approximate surface area is 151 Å². The number of esters is 2. The van der Waals surface area contributed by atoms with Crippen molar-refractivity contribution in [1.82, 2.24) is 9.13 Å². The third kappa shape index (κ3) is 4.58. The van der Waals surface area contributed by atoms with Crippen LogP contribution in [0.5, 0.6) is 0 Å². The summed E-state index contributed by atoms with van der Waals surface area (Å²) in [6, 6.07) is 0. The summed E-state index contributed by atoms with van der Waals surface area (Å²) in [4.78, 5) is 48.2. The molecule has 0 aliphatic rings. The van der Waals surface area contributed by atoms with Crippen molar-refractivity contribution in [3.8, 4) is 12.3 Å². The molecule has 0 saturated carbocycles. The number of halogens is 1. The summed E-state index contributed by atoms with van der Waals surface area (Å²) < 4.78 is 11.4. The Kier molecular flexibility index (Phi) is 7.44. The van der Waals surface area contributed by atoms with E-state index >= 15 is 0 Å². The van der Waals surface area contributed by atoms with Crippen molar-refractivity contribution in [3.63, 3.8) is 0 Å². The van der Waals surface area contributed by atoms with E-state index in [1.54, 1.807) is 36.4 Å². The smallest absolute Gasteiger partial charge is 0.355 e. The van der Waals surface area contributed by atoms with Crippen LogP contribution >= 0.6 is 22.6 Å². The molecule has 0 aliphatic carbocycles. The first kappa shape index (κ1) is 19.7. The minimum absolute atomic E-state index is 0.0365. The zero-order valence-corrected chi connectivity index (χ0v) is 15.2. The van der Waals surface area contributed by atoms with E-state index in [0.29, 0.717) is 0 Å². The second kappa shape index (κ2) is 9.07. The van der Waals surface area contributed by atoms with Gasteiger partial charge in [-0.2, -0.15) is 0 Å². The number of nitrogens with zero attached hydrogens (tertiary/aromatic N) is 2. The minimum atomic E-state index is -0.908. The fourth-order valence-corrected chi connectivity index (χ4v) is 2.27. The molecule has 1 aromatic rings. The lowest BCUT2D eigenvalue weighted by Gasteiger charge is -2.12. The SMILES string of the molecule is C#CCn1c(=O)c(I)cn(/C(=C\C(=O)OCC)C(=O)OCC)c1=O. The summed E-state index contributed by atoms with van der Waals surface area (Å²) in [5, 5.41) is 0. The van der Waals surface area contributed by atoms with Crippen LogP contribution in [0.1, 0.15) is 13.8 Å². The molecular formula is C15H15IN2O6. The molecule has 0 atom stereocenters. The van der Waals surface area contributed by atoms with Gasteiger partial charge >= 0.3 is 17.6 Å². The molecule has 1 aromatic heterocycles. The number of ether oxygens (including phenoxy) is 2. The lowest BCUT2D eigenvalue weighted by molar-refractivity contribution is -0.139. The molecule has 128 valence electrons. The van der Waals surface area contributed by atoms with E-state index < -0.39 is 23.2 Å². The molecule has 1 rings (SSSR count). The fraction of sp³-hybridized carbons (Fsp3) is 0.333. The van der Waals surface area contributed by atoms with Crippen LogP contribution < -0.4 is 11.2 Å². The Hall–Kier alpha value is -2.35. The van der Waals surface area contributed by atoms with Crippen molar-refractivity contribution < 1.29 is 19.1 Å². The van der Waals surface area contributed by atoms with E-state index in [1.165, 1.54) is 0 Å². The number of hydrogen-bond acceptors (Lipinski definition) is 6. The largest absolute Gasteiger partial charge is 0.463 e. The Morgan fingerprint density at radius 3 is 2.46 bits per heavy atom. The number of terminal acetylenes is 1. The van der Waals surface area contributed by atoms with Gasteiger partial charge in [0.1, 0.15) is 5.70 Å². The van der Waals surface area contributed by atoms with Crippen LogP contribution in [0, 0.1) is 15.9 Å². The molecule has 0 fully saturated rings. The first-order chi connectivity index (χ1) is 11.4. The van der Waals surface area contributed by atoms with Gasteiger partial charge in [-0.1, -0.05) is 5.92 Å². The van der Waals surface area contributed by atoms with Gasteiger partial charge in [-0.25, -0.2) is 19.0 Å². The zero-order chi connectivity index (χ0) is 18.3. The van der Waals surface area contributed by atoms with Crippen LogP contribution in [0.3, 0.4) is 0 Å². The molecule has 9 heteroatoms. The van der Waals surface area contributed by atoms with Crippen molar-refractivity contribution in [2.45, 2.75) is 20.4 Å². The summed E-state index contributed by atoms with van der Waals surface area (Å²) in [6.45, 7) is 3.02. The molecule has 8 nitrogen and oxygen atoms in total. The van der Waals surface area contributed by atoms with Crippen LogP contribution in [0.25, 0.3) is 5.70 Å². The number of aromatic nitrogens is 2. The third-order valence-electron chi connectivity index (χ3n) is 2.66. The molecule has 0 radical (unpaired) electrons. The second-order valence-electron chi connectivity index (χ2n) is 4.23. The average molecular weight is 446 g/mol. The van der Waals surface area contributed by atoms with E-state index in [4.69, 9.17) is 15.9 Å². The summed E-state index contributed by atoms with van der Waals surface area (Å²) in [6.07, 6.45) is 7.14. The van der Waals surface area contributed by atoms with Gasteiger partial charge in [-0.15, -0.1) is 6.42 Å². The van der Waals surface area contributed by atoms with E-state index in [0.717, 1.165) is 21.4 Å². The van der Waals surface area contributed by atoms with Gasteiger partial charge in [0.15, 0.2) is 0 Å². The second-order valence-corrected chi connectivity index (χ2v) is 5.39. The van der Waals surface area contributed by atoms with E-state index in [2.05, 4.69) is 5.92 Å². The number of carbonyl (C=O) groups excluding carboxylic acids is 2. The van der Waals surface area contributed by atoms with Crippen LogP contribution in [0.2, 0.25) is 0 Å². The quantitative estimate of drug-likeness (QED) is 0.269. The molecule has 1 heterocycles. The molecule has 0 spiro atoms.